The third-order valence-electron chi connectivity index (χ3n) is 7.11. The lowest BCUT2D eigenvalue weighted by atomic mass is 9.85. The van der Waals surface area contributed by atoms with Gasteiger partial charge in [0.15, 0.2) is 5.69 Å². The Morgan fingerprint density at radius 2 is 1.80 bits per heavy atom. The Balaban J connectivity index is 1.49. The van der Waals surface area contributed by atoms with Gasteiger partial charge in [-0.25, -0.2) is 9.07 Å². The van der Waals surface area contributed by atoms with Crippen molar-refractivity contribution in [3.05, 3.63) is 107 Å². The number of alkyl halides is 3. The predicted molar refractivity (Wildman–Crippen MR) is 142 cm³/mol. The maximum atomic E-state index is 15.0. The average molecular weight is 553 g/mol. The van der Waals surface area contributed by atoms with Crippen molar-refractivity contribution in [3.63, 3.8) is 0 Å². The van der Waals surface area contributed by atoms with Crippen molar-refractivity contribution in [1.82, 2.24) is 14.8 Å². The third-order valence-corrected chi connectivity index (χ3v) is 7.11. The first-order valence-electron chi connectivity index (χ1n) is 12.9. The molecule has 0 bridgehead atoms. The molecule has 4 aromatic rings. The van der Waals surface area contributed by atoms with E-state index in [4.69, 9.17) is 11.5 Å². The number of hydrogen-bond donors (Lipinski definition) is 3. The number of rotatable bonds is 9. The van der Waals surface area contributed by atoms with Crippen molar-refractivity contribution in [2.75, 3.05) is 5.32 Å². The molecule has 0 saturated heterocycles. The number of pyridine rings is 1. The average Bonchev–Trinajstić information content (AvgIpc) is 3.70. The van der Waals surface area contributed by atoms with Crippen LogP contribution in [0.4, 0.5) is 23.2 Å². The number of carbonyl (C=O) groups excluding carboxylic acids is 1. The summed E-state index contributed by atoms with van der Waals surface area (Å²) in [6.07, 6.45) is 1.27. The lowest BCUT2D eigenvalue weighted by molar-refractivity contribution is -0.141. The van der Waals surface area contributed by atoms with Crippen molar-refractivity contribution in [3.8, 4) is 5.69 Å². The summed E-state index contributed by atoms with van der Waals surface area (Å²) in [5.74, 6) is -1.45. The highest BCUT2D eigenvalue weighted by Crippen LogP contribution is 2.39. The van der Waals surface area contributed by atoms with Crippen LogP contribution in [0.15, 0.2) is 73.1 Å². The summed E-state index contributed by atoms with van der Waals surface area (Å²) in [5, 5.41) is 6.08. The van der Waals surface area contributed by atoms with Gasteiger partial charge in [-0.3, -0.25) is 9.78 Å². The molecule has 1 aliphatic rings. The largest absolute Gasteiger partial charge is 0.435 e. The van der Waals surface area contributed by atoms with Crippen molar-refractivity contribution in [2.45, 2.75) is 43.9 Å². The van der Waals surface area contributed by atoms with Gasteiger partial charge in [-0.05, 0) is 78.3 Å². The van der Waals surface area contributed by atoms with E-state index >= 15 is 0 Å². The van der Waals surface area contributed by atoms with E-state index in [0.717, 1.165) is 23.1 Å². The molecule has 2 unspecified atom stereocenters. The second-order valence-corrected chi connectivity index (χ2v) is 9.96. The van der Waals surface area contributed by atoms with Gasteiger partial charge in [0.25, 0.3) is 5.91 Å². The fourth-order valence-corrected chi connectivity index (χ4v) is 4.78. The highest BCUT2D eigenvalue weighted by molar-refractivity contribution is 6.03. The maximum absolute atomic E-state index is 15.0. The van der Waals surface area contributed by atoms with Crippen molar-refractivity contribution >= 4 is 11.6 Å². The van der Waals surface area contributed by atoms with E-state index in [1.54, 1.807) is 30.6 Å². The number of hydrogen-bond acceptors (Lipinski definition) is 5. The van der Waals surface area contributed by atoms with E-state index in [1.165, 1.54) is 24.3 Å². The zero-order valence-electron chi connectivity index (χ0n) is 21.4. The van der Waals surface area contributed by atoms with Gasteiger partial charge < -0.3 is 16.8 Å². The molecule has 5 N–H and O–H groups in total. The maximum Gasteiger partial charge on any atom is 0.435 e. The Labute approximate surface area is 228 Å². The van der Waals surface area contributed by atoms with Gasteiger partial charge in [-0.15, -0.1) is 0 Å². The molecule has 7 nitrogen and oxygen atoms in total. The number of amides is 1. The predicted octanol–water partition coefficient (Wildman–Crippen LogP) is 5.40. The van der Waals surface area contributed by atoms with Crippen LogP contribution in [0.2, 0.25) is 0 Å². The second-order valence-electron chi connectivity index (χ2n) is 9.96. The lowest BCUT2D eigenvalue weighted by Gasteiger charge is -2.23. The highest BCUT2D eigenvalue weighted by atomic mass is 19.4. The van der Waals surface area contributed by atoms with E-state index < -0.39 is 29.3 Å². The van der Waals surface area contributed by atoms with Gasteiger partial charge in [0, 0.05) is 37.0 Å². The van der Waals surface area contributed by atoms with Crippen LogP contribution in [-0.4, -0.2) is 26.7 Å². The van der Waals surface area contributed by atoms with Crippen LogP contribution in [0.5, 0.6) is 0 Å². The second kappa shape index (κ2) is 11.2. The molecule has 40 heavy (non-hydrogen) atoms. The van der Waals surface area contributed by atoms with Gasteiger partial charge in [0.1, 0.15) is 11.5 Å². The number of anilines is 1. The summed E-state index contributed by atoms with van der Waals surface area (Å²) in [6.45, 7) is 0.143. The third kappa shape index (κ3) is 6.05. The van der Waals surface area contributed by atoms with Gasteiger partial charge in [0.05, 0.1) is 11.4 Å². The van der Waals surface area contributed by atoms with Crippen LogP contribution in [0.25, 0.3) is 5.69 Å². The molecule has 11 heteroatoms. The molecule has 208 valence electrons. The van der Waals surface area contributed by atoms with Crippen LogP contribution >= 0.6 is 0 Å². The SMILES string of the molecule is NCc1cccc(-n2nc(C(F)(F)F)cc2C(=O)Nc2cc(C(CC(N)C3CC3)c3ccncc3)ccc2F)c1. The Kier molecular flexibility index (Phi) is 7.68. The minimum Gasteiger partial charge on any atom is -0.327 e. The summed E-state index contributed by atoms with van der Waals surface area (Å²) in [7, 11) is 0. The standard InChI is InChI=1S/C29H28F4N6O/c30-23-7-6-20(22(14-24(35)19-4-5-19)18-8-10-36-11-9-18)13-25(23)37-28(40)26-15-27(29(31,32)33)38-39(26)21-3-1-2-17(12-21)16-34/h1-3,6-13,15,19,22,24H,4-5,14,16,34-35H2,(H,37,40). The molecule has 1 saturated carbocycles. The molecular formula is C29H28F4N6O. The number of aromatic nitrogens is 3. The summed E-state index contributed by atoms with van der Waals surface area (Å²) in [5.41, 5.74) is 12.8. The number of nitrogens with two attached hydrogens (primary N) is 2. The van der Waals surface area contributed by atoms with Gasteiger partial charge in [-0.2, -0.15) is 18.3 Å². The van der Waals surface area contributed by atoms with Crippen molar-refractivity contribution in [1.29, 1.82) is 0 Å². The van der Waals surface area contributed by atoms with Crippen LogP contribution in [-0.2, 0) is 12.7 Å². The fourth-order valence-electron chi connectivity index (χ4n) is 4.78. The Bertz CT molecular complexity index is 1500. The van der Waals surface area contributed by atoms with Gasteiger partial charge in [0.2, 0.25) is 0 Å². The summed E-state index contributed by atoms with van der Waals surface area (Å²) >= 11 is 0. The molecule has 2 heterocycles. The van der Waals surface area contributed by atoms with E-state index in [0.29, 0.717) is 29.5 Å². The molecule has 5 rings (SSSR count). The number of benzene rings is 2. The van der Waals surface area contributed by atoms with Crippen LogP contribution in [0.3, 0.4) is 0 Å². The lowest BCUT2D eigenvalue weighted by Crippen LogP contribution is -2.25. The Morgan fingerprint density at radius 3 is 2.48 bits per heavy atom. The minimum absolute atomic E-state index is 0.0549. The molecule has 1 aliphatic carbocycles. The Hall–Kier alpha value is -4.09. The molecule has 0 radical (unpaired) electrons. The highest BCUT2D eigenvalue weighted by Gasteiger charge is 2.36. The first kappa shape index (κ1) is 27.5. The molecule has 2 aromatic heterocycles. The van der Waals surface area contributed by atoms with E-state index in [2.05, 4.69) is 15.4 Å². The van der Waals surface area contributed by atoms with Crippen molar-refractivity contribution in [2.24, 2.45) is 17.4 Å². The summed E-state index contributed by atoms with van der Waals surface area (Å²) < 4.78 is 56.5. The minimum atomic E-state index is -4.80. The van der Waals surface area contributed by atoms with Crippen LogP contribution in [0, 0.1) is 11.7 Å². The van der Waals surface area contributed by atoms with Gasteiger partial charge >= 0.3 is 6.18 Å². The van der Waals surface area contributed by atoms with Crippen LogP contribution < -0.4 is 16.8 Å². The zero-order chi connectivity index (χ0) is 28.4. The number of nitrogens with zero attached hydrogens (tertiary/aromatic N) is 3. The van der Waals surface area contributed by atoms with E-state index in [-0.39, 0.29) is 29.9 Å². The van der Waals surface area contributed by atoms with Crippen molar-refractivity contribution < 1.29 is 22.4 Å². The topological polar surface area (TPSA) is 112 Å². The van der Waals surface area contributed by atoms with E-state index in [9.17, 15) is 22.4 Å². The molecule has 0 aliphatic heterocycles. The first-order valence-corrected chi connectivity index (χ1v) is 12.9. The quantitative estimate of drug-likeness (QED) is 0.241. The fraction of sp³-hybridized carbons (Fsp3) is 0.276. The molecule has 1 fully saturated rings. The number of carbonyl (C=O) groups is 1. The molecule has 2 aromatic carbocycles. The molecular weight excluding hydrogens is 524 g/mol. The number of nitrogens with one attached hydrogen (secondary N) is 1. The van der Waals surface area contributed by atoms with E-state index in [1.807, 2.05) is 12.1 Å². The zero-order valence-corrected chi connectivity index (χ0v) is 21.4. The van der Waals surface area contributed by atoms with Crippen LogP contribution in [0.1, 0.15) is 58.1 Å². The smallest absolute Gasteiger partial charge is 0.327 e. The van der Waals surface area contributed by atoms with Gasteiger partial charge in [-0.1, -0.05) is 18.2 Å². The first-order chi connectivity index (χ1) is 19.1. The summed E-state index contributed by atoms with van der Waals surface area (Å²) in [6, 6.07) is 15.0. The molecule has 0 spiro atoms. The monoisotopic (exact) mass is 552 g/mol. The summed E-state index contributed by atoms with van der Waals surface area (Å²) in [4.78, 5) is 17.4. The normalized spacial score (nSPS) is 15.1. The molecule has 2 atom stereocenters. The Morgan fingerprint density at radius 1 is 1.05 bits per heavy atom. The molecule has 1 amide bonds. The number of halogens is 4.